The molecule has 2 nitrogen and oxygen atoms in total. The molecule has 17 heavy (non-hydrogen) atoms. The summed E-state index contributed by atoms with van der Waals surface area (Å²) in [6, 6.07) is 2.32. The molecule has 1 unspecified atom stereocenters. The van der Waals surface area contributed by atoms with Gasteiger partial charge in [0, 0.05) is 5.92 Å². The maximum Gasteiger partial charge on any atom is 0.171 e. The van der Waals surface area contributed by atoms with Crippen LogP contribution in [0.5, 0.6) is 0 Å². The maximum absolute atomic E-state index is 13.7. The normalized spacial score (nSPS) is 12.5. The number of benzene rings is 1. The first kappa shape index (κ1) is 14.3. The second-order valence-corrected chi connectivity index (χ2v) is 4.77. The lowest BCUT2D eigenvalue weighted by atomic mass is 9.94. The molecule has 1 aromatic carbocycles. The summed E-state index contributed by atoms with van der Waals surface area (Å²) in [4.78, 5) is 11.9. The zero-order valence-electron chi connectivity index (χ0n) is 9.47. The average Bonchev–Trinajstić information content (AvgIpc) is 2.31. The number of carbonyl (C=O) groups excluding carboxylic acids is 1. The third-order valence-electron chi connectivity index (χ3n) is 2.58. The predicted molar refractivity (Wildman–Crippen MR) is 65.8 cm³/mol. The Morgan fingerprint density at radius 2 is 2.12 bits per heavy atom. The highest BCUT2D eigenvalue weighted by Crippen LogP contribution is 2.25. The molecule has 94 valence electrons. The standard InChI is InChI=1S/C12H14BrF2NO/c1-7(3-2-6-16)12(17)10-9(14)5-4-8(13)11(10)15/h4-5,7H,2-3,6,16H2,1H3. The van der Waals surface area contributed by atoms with Gasteiger partial charge in [0.25, 0.3) is 0 Å². The highest BCUT2D eigenvalue weighted by molar-refractivity contribution is 9.10. The van der Waals surface area contributed by atoms with Crippen LogP contribution in [0.2, 0.25) is 0 Å². The maximum atomic E-state index is 13.7. The monoisotopic (exact) mass is 305 g/mol. The number of halogens is 3. The summed E-state index contributed by atoms with van der Waals surface area (Å²) in [6.45, 7) is 2.11. The molecule has 0 radical (unpaired) electrons. The van der Waals surface area contributed by atoms with Crippen molar-refractivity contribution >= 4 is 21.7 Å². The molecule has 0 saturated heterocycles. The first-order valence-corrected chi connectivity index (χ1v) is 6.16. The number of ketones is 1. The summed E-state index contributed by atoms with van der Waals surface area (Å²) in [5, 5.41) is 0. The molecule has 0 amide bonds. The first-order valence-electron chi connectivity index (χ1n) is 5.36. The van der Waals surface area contributed by atoms with Gasteiger partial charge in [0.15, 0.2) is 11.6 Å². The Morgan fingerprint density at radius 1 is 1.47 bits per heavy atom. The number of hydrogen-bond donors (Lipinski definition) is 1. The third kappa shape index (κ3) is 3.33. The van der Waals surface area contributed by atoms with Crippen LogP contribution in [0.4, 0.5) is 8.78 Å². The minimum absolute atomic E-state index is 0.0910. The van der Waals surface area contributed by atoms with Gasteiger partial charge in [-0.05, 0) is 47.4 Å². The van der Waals surface area contributed by atoms with Crippen molar-refractivity contribution in [2.24, 2.45) is 11.7 Å². The van der Waals surface area contributed by atoms with Crippen molar-refractivity contribution in [2.45, 2.75) is 19.8 Å². The molecule has 0 fully saturated rings. The molecule has 1 atom stereocenters. The van der Waals surface area contributed by atoms with Crippen molar-refractivity contribution in [3.05, 3.63) is 33.8 Å². The van der Waals surface area contributed by atoms with Crippen LogP contribution in [0.25, 0.3) is 0 Å². The van der Waals surface area contributed by atoms with Gasteiger partial charge in [-0.25, -0.2) is 8.78 Å². The van der Waals surface area contributed by atoms with Crippen molar-refractivity contribution in [1.29, 1.82) is 0 Å². The molecule has 0 aliphatic carbocycles. The second-order valence-electron chi connectivity index (χ2n) is 3.91. The summed E-state index contributed by atoms with van der Waals surface area (Å²) in [5.41, 5.74) is 4.86. The number of Topliss-reactive ketones (excluding diaryl/α,β-unsaturated/α-hetero) is 1. The van der Waals surface area contributed by atoms with Crippen LogP contribution in [-0.2, 0) is 0 Å². The number of hydrogen-bond acceptors (Lipinski definition) is 2. The Kier molecular flexibility index (Phi) is 5.21. The van der Waals surface area contributed by atoms with Crippen molar-refractivity contribution in [3.63, 3.8) is 0 Å². The molecule has 0 bridgehead atoms. The smallest absolute Gasteiger partial charge is 0.171 e. The van der Waals surface area contributed by atoms with E-state index in [9.17, 15) is 13.6 Å². The fourth-order valence-electron chi connectivity index (χ4n) is 1.55. The van der Waals surface area contributed by atoms with E-state index in [0.29, 0.717) is 19.4 Å². The lowest BCUT2D eigenvalue weighted by molar-refractivity contribution is 0.0914. The summed E-state index contributed by atoms with van der Waals surface area (Å²) >= 11 is 2.94. The Morgan fingerprint density at radius 3 is 2.71 bits per heavy atom. The molecule has 0 heterocycles. The van der Waals surface area contributed by atoms with Gasteiger partial charge in [-0.1, -0.05) is 6.92 Å². The van der Waals surface area contributed by atoms with E-state index in [0.717, 1.165) is 6.07 Å². The van der Waals surface area contributed by atoms with Gasteiger partial charge in [-0.2, -0.15) is 0 Å². The molecule has 0 aromatic heterocycles. The van der Waals surface area contributed by atoms with Crippen LogP contribution in [0.1, 0.15) is 30.1 Å². The molecule has 0 saturated carbocycles. The number of carbonyl (C=O) groups is 1. The quantitative estimate of drug-likeness (QED) is 0.670. The highest BCUT2D eigenvalue weighted by Gasteiger charge is 2.23. The Hall–Kier alpha value is -0.810. The van der Waals surface area contributed by atoms with Crippen LogP contribution >= 0.6 is 15.9 Å². The van der Waals surface area contributed by atoms with Gasteiger partial charge in [0.2, 0.25) is 0 Å². The summed E-state index contributed by atoms with van der Waals surface area (Å²) in [5.74, 6) is -2.61. The van der Waals surface area contributed by atoms with Gasteiger partial charge in [-0.3, -0.25) is 4.79 Å². The van der Waals surface area contributed by atoms with E-state index in [4.69, 9.17) is 5.73 Å². The average molecular weight is 306 g/mol. The molecule has 0 aliphatic heterocycles. The van der Waals surface area contributed by atoms with E-state index in [-0.39, 0.29) is 4.47 Å². The minimum Gasteiger partial charge on any atom is -0.330 e. The first-order chi connectivity index (χ1) is 7.99. The number of rotatable bonds is 5. The second kappa shape index (κ2) is 6.21. The van der Waals surface area contributed by atoms with Crippen molar-refractivity contribution in [1.82, 2.24) is 0 Å². The molecule has 0 spiro atoms. The Labute approximate surface area is 107 Å². The lowest BCUT2D eigenvalue weighted by Crippen LogP contribution is -2.16. The van der Waals surface area contributed by atoms with Gasteiger partial charge in [-0.15, -0.1) is 0 Å². The van der Waals surface area contributed by atoms with E-state index in [1.54, 1.807) is 6.92 Å². The van der Waals surface area contributed by atoms with E-state index >= 15 is 0 Å². The van der Waals surface area contributed by atoms with E-state index in [2.05, 4.69) is 15.9 Å². The molecule has 1 aromatic rings. The molecular formula is C12H14BrF2NO. The topological polar surface area (TPSA) is 43.1 Å². The van der Waals surface area contributed by atoms with Crippen LogP contribution < -0.4 is 5.73 Å². The molecule has 5 heteroatoms. The van der Waals surface area contributed by atoms with Gasteiger partial charge >= 0.3 is 0 Å². The van der Waals surface area contributed by atoms with Crippen molar-refractivity contribution in [2.75, 3.05) is 6.54 Å². The van der Waals surface area contributed by atoms with Crippen LogP contribution in [0.15, 0.2) is 16.6 Å². The van der Waals surface area contributed by atoms with Crippen LogP contribution in [0, 0.1) is 17.6 Å². The van der Waals surface area contributed by atoms with Crippen molar-refractivity contribution < 1.29 is 13.6 Å². The summed E-state index contributed by atoms with van der Waals surface area (Å²) < 4.78 is 27.2. The summed E-state index contributed by atoms with van der Waals surface area (Å²) in [6.07, 6.45) is 1.19. The van der Waals surface area contributed by atoms with Crippen LogP contribution in [-0.4, -0.2) is 12.3 Å². The van der Waals surface area contributed by atoms with Crippen molar-refractivity contribution in [3.8, 4) is 0 Å². The SMILES string of the molecule is CC(CCCN)C(=O)c1c(F)ccc(Br)c1F. The van der Waals surface area contributed by atoms with E-state index in [1.165, 1.54) is 6.07 Å². The predicted octanol–water partition coefficient (Wildman–Crippen LogP) is 3.29. The molecule has 0 aliphatic rings. The van der Waals surface area contributed by atoms with E-state index in [1.807, 2.05) is 0 Å². The zero-order valence-corrected chi connectivity index (χ0v) is 11.1. The zero-order chi connectivity index (χ0) is 13.0. The molecular weight excluding hydrogens is 292 g/mol. The van der Waals surface area contributed by atoms with Gasteiger partial charge in [0.05, 0.1) is 10.0 Å². The Balaban J connectivity index is 2.99. The van der Waals surface area contributed by atoms with Gasteiger partial charge in [0.1, 0.15) is 5.82 Å². The minimum atomic E-state index is -0.838. The number of nitrogens with two attached hydrogens (primary N) is 1. The fourth-order valence-corrected chi connectivity index (χ4v) is 1.88. The largest absolute Gasteiger partial charge is 0.330 e. The Bertz CT molecular complexity index is 423. The summed E-state index contributed by atoms with van der Waals surface area (Å²) in [7, 11) is 0. The molecule has 1 rings (SSSR count). The fraction of sp³-hybridized carbons (Fsp3) is 0.417. The molecule has 2 N–H and O–H groups in total. The van der Waals surface area contributed by atoms with Gasteiger partial charge < -0.3 is 5.73 Å². The third-order valence-corrected chi connectivity index (χ3v) is 3.19. The highest BCUT2D eigenvalue weighted by atomic mass is 79.9. The lowest BCUT2D eigenvalue weighted by Gasteiger charge is -2.11. The van der Waals surface area contributed by atoms with E-state index < -0.39 is 28.9 Å². The van der Waals surface area contributed by atoms with Crippen LogP contribution in [0.3, 0.4) is 0 Å².